The third kappa shape index (κ3) is 0.745. The van der Waals surface area contributed by atoms with Gasteiger partial charge in [0.2, 0.25) is 0 Å². The fraction of sp³-hybridized carbons (Fsp3) is 0.0909. The molecule has 1 heterocycles. The Bertz CT molecular complexity index is 472. The average molecular weight is 172 g/mol. The first-order valence-corrected chi connectivity index (χ1v) is 4.88. The monoisotopic (exact) mass is 172 g/mol. The summed E-state index contributed by atoms with van der Waals surface area (Å²) < 4.78 is 0. The molecule has 0 atom stereocenters. The Hall–Kier alpha value is -0.950. The number of rotatable bonds is 0. The van der Waals surface area contributed by atoms with E-state index in [1.807, 2.05) is 11.8 Å². The van der Waals surface area contributed by atoms with Crippen molar-refractivity contribution in [3.8, 4) is 0 Å². The van der Waals surface area contributed by atoms with Gasteiger partial charge < -0.3 is 0 Å². The van der Waals surface area contributed by atoms with Gasteiger partial charge in [0.15, 0.2) is 0 Å². The molecule has 1 heteroatoms. The summed E-state index contributed by atoms with van der Waals surface area (Å²) in [5, 5.41) is 2.78. The van der Waals surface area contributed by atoms with E-state index in [1.165, 1.54) is 26.1 Å². The summed E-state index contributed by atoms with van der Waals surface area (Å²) in [6.45, 7) is 2.21. The number of hydrogen-bond acceptors (Lipinski definition) is 1. The summed E-state index contributed by atoms with van der Waals surface area (Å²) in [5.41, 5.74) is 1.45. The maximum absolute atomic E-state index is 2.28. The summed E-state index contributed by atoms with van der Waals surface area (Å²) in [6, 6.07) is 10.9. The summed E-state index contributed by atoms with van der Waals surface area (Å²) in [4.78, 5) is 2.96. The van der Waals surface area contributed by atoms with Crippen LogP contribution in [0.15, 0.2) is 40.1 Å². The highest BCUT2D eigenvalue weighted by Gasteiger charge is 2.22. The Balaban J connectivity index is 2.55. The Morgan fingerprint density at radius 1 is 1.17 bits per heavy atom. The zero-order valence-corrected chi connectivity index (χ0v) is 7.61. The maximum atomic E-state index is 2.28. The van der Waals surface area contributed by atoms with Crippen molar-refractivity contribution in [1.29, 1.82) is 0 Å². The van der Waals surface area contributed by atoms with Gasteiger partial charge in [0.05, 0.1) is 0 Å². The summed E-state index contributed by atoms with van der Waals surface area (Å²) in [5.74, 6) is 0. The van der Waals surface area contributed by atoms with Crippen LogP contribution in [0.3, 0.4) is 0 Å². The molecule has 58 valence electrons. The highest BCUT2D eigenvalue weighted by Crippen LogP contribution is 2.52. The van der Waals surface area contributed by atoms with E-state index < -0.39 is 0 Å². The predicted octanol–water partition coefficient (Wildman–Crippen LogP) is 3.61. The van der Waals surface area contributed by atoms with Crippen molar-refractivity contribution in [2.75, 3.05) is 0 Å². The van der Waals surface area contributed by atoms with Gasteiger partial charge in [-0.1, -0.05) is 36.0 Å². The SMILES string of the molecule is Cc1c2c(cc3ccccc13)S2. The highest BCUT2D eigenvalue weighted by atomic mass is 32.2. The lowest BCUT2D eigenvalue weighted by Crippen LogP contribution is -1.74. The molecule has 1 aliphatic heterocycles. The molecule has 2 aromatic rings. The lowest BCUT2D eigenvalue weighted by Gasteiger charge is -1.97. The van der Waals surface area contributed by atoms with Gasteiger partial charge in [-0.25, -0.2) is 0 Å². The van der Waals surface area contributed by atoms with Crippen molar-refractivity contribution in [3.05, 3.63) is 35.9 Å². The fourth-order valence-electron chi connectivity index (χ4n) is 1.67. The molecule has 0 amide bonds. The van der Waals surface area contributed by atoms with E-state index in [1.54, 1.807) is 0 Å². The largest absolute Gasteiger partial charge is 0.0874 e. The normalized spacial score (nSPS) is 13.1. The zero-order valence-electron chi connectivity index (χ0n) is 6.79. The van der Waals surface area contributed by atoms with Crippen molar-refractivity contribution >= 4 is 22.5 Å². The topological polar surface area (TPSA) is 0 Å². The number of hydrogen-bond donors (Lipinski definition) is 0. The Morgan fingerprint density at radius 2 is 2.00 bits per heavy atom. The van der Waals surface area contributed by atoms with Crippen LogP contribution in [0.2, 0.25) is 0 Å². The van der Waals surface area contributed by atoms with E-state index in [9.17, 15) is 0 Å². The summed E-state index contributed by atoms with van der Waals surface area (Å²) in [6.07, 6.45) is 0. The number of fused-ring (bicyclic) bond motifs is 2. The Morgan fingerprint density at radius 3 is 2.92 bits per heavy atom. The second-order valence-corrected chi connectivity index (χ2v) is 4.20. The lowest BCUT2D eigenvalue weighted by molar-refractivity contribution is 1.31. The first-order chi connectivity index (χ1) is 5.86. The third-order valence-corrected chi connectivity index (χ3v) is 3.45. The summed E-state index contributed by atoms with van der Waals surface area (Å²) >= 11 is 1.90. The molecular weight excluding hydrogens is 164 g/mol. The minimum Gasteiger partial charge on any atom is -0.0874 e. The van der Waals surface area contributed by atoms with Gasteiger partial charge in [-0.3, -0.25) is 0 Å². The molecule has 0 fully saturated rings. The standard InChI is InChI=1S/C11H8S/c1-7-9-5-3-2-4-8(9)6-10-11(7)12-10/h2-6H,1H3. The first-order valence-electron chi connectivity index (χ1n) is 4.06. The predicted molar refractivity (Wildman–Crippen MR) is 52.8 cm³/mol. The molecule has 0 saturated heterocycles. The molecule has 1 aliphatic rings. The van der Waals surface area contributed by atoms with Gasteiger partial charge in [0, 0.05) is 9.79 Å². The first kappa shape index (κ1) is 6.55. The molecule has 0 saturated carbocycles. The van der Waals surface area contributed by atoms with E-state index in [4.69, 9.17) is 0 Å². The molecule has 0 aromatic heterocycles. The minimum atomic E-state index is 1.37. The lowest BCUT2D eigenvalue weighted by atomic mass is 10.1. The van der Waals surface area contributed by atoms with Crippen LogP contribution in [-0.4, -0.2) is 0 Å². The van der Waals surface area contributed by atoms with Crippen LogP contribution < -0.4 is 0 Å². The smallest absolute Gasteiger partial charge is 0.0298 e. The Kier molecular flexibility index (Phi) is 1.12. The zero-order chi connectivity index (χ0) is 8.13. The minimum absolute atomic E-state index is 1.37. The average Bonchev–Trinajstić information content (AvgIpc) is 2.84. The van der Waals surface area contributed by atoms with Crippen LogP contribution in [0.25, 0.3) is 10.8 Å². The van der Waals surface area contributed by atoms with Gasteiger partial charge in [-0.15, -0.1) is 0 Å². The molecule has 0 aliphatic carbocycles. The molecule has 2 aromatic carbocycles. The molecule has 3 rings (SSSR count). The molecule has 0 bridgehead atoms. The van der Waals surface area contributed by atoms with Crippen molar-refractivity contribution < 1.29 is 0 Å². The van der Waals surface area contributed by atoms with Gasteiger partial charge in [0.25, 0.3) is 0 Å². The molecule has 0 N–H and O–H groups in total. The van der Waals surface area contributed by atoms with Crippen molar-refractivity contribution in [2.24, 2.45) is 0 Å². The van der Waals surface area contributed by atoms with Gasteiger partial charge in [-0.2, -0.15) is 0 Å². The highest BCUT2D eigenvalue weighted by molar-refractivity contribution is 8.05. The molecule has 0 spiro atoms. The van der Waals surface area contributed by atoms with Crippen molar-refractivity contribution in [1.82, 2.24) is 0 Å². The van der Waals surface area contributed by atoms with Crippen LogP contribution >= 0.6 is 11.8 Å². The summed E-state index contributed by atoms with van der Waals surface area (Å²) in [7, 11) is 0. The second-order valence-electron chi connectivity index (χ2n) is 3.15. The Labute approximate surface area is 75.6 Å². The molecule has 0 nitrogen and oxygen atoms in total. The second kappa shape index (κ2) is 2.05. The number of benzene rings is 2. The number of aryl methyl sites for hydroxylation is 1. The van der Waals surface area contributed by atoms with E-state index in [0.29, 0.717) is 0 Å². The van der Waals surface area contributed by atoms with Crippen LogP contribution in [-0.2, 0) is 0 Å². The molecular formula is C11H8S. The van der Waals surface area contributed by atoms with E-state index in [2.05, 4.69) is 37.3 Å². The van der Waals surface area contributed by atoms with E-state index in [0.717, 1.165) is 0 Å². The van der Waals surface area contributed by atoms with Gasteiger partial charge in [-0.05, 0) is 29.3 Å². The third-order valence-electron chi connectivity index (χ3n) is 2.39. The maximum Gasteiger partial charge on any atom is 0.0298 e. The van der Waals surface area contributed by atoms with Crippen LogP contribution in [0.5, 0.6) is 0 Å². The van der Waals surface area contributed by atoms with Crippen molar-refractivity contribution in [3.63, 3.8) is 0 Å². The fourth-order valence-corrected chi connectivity index (χ4v) is 2.50. The van der Waals surface area contributed by atoms with E-state index in [-0.39, 0.29) is 0 Å². The van der Waals surface area contributed by atoms with Crippen LogP contribution in [0.1, 0.15) is 5.56 Å². The van der Waals surface area contributed by atoms with Crippen LogP contribution in [0, 0.1) is 6.92 Å². The molecule has 12 heavy (non-hydrogen) atoms. The molecule has 0 radical (unpaired) electrons. The van der Waals surface area contributed by atoms with E-state index >= 15 is 0 Å². The van der Waals surface area contributed by atoms with Gasteiger partial charge >= 0.3 is 0 Å². The van der Waals surface area contributed by atoms with Gasteiger partial charge in [0.1, 0.15) is 0 Å². The quantitative estimate of drug-likeness (QED) is 0.467. The van der Waals surface area contributed by atoms with Crippen LogP contribution in [0.4, 0.5) is 0 Å². The van der Waals surface area contributed by atoms with Crippen molar-refractivity contribution in [2.45, 2.75) is 16.7 Å². The molecule has 0 unspecified atom stereocenters.